The van der Waals surface area contributed by atoms with E-state index in [1.165, 1.54) is 6.08 Å². The normalized spacial score (nSPS) is 23.2. The first-order valence-corrected chi connectivity index (χ1v) is 10.8. The molecule has 1 amide bonds. The lowest BCUT2D eigenvalue weighted by atomic mass is 9.89. The molecule has 0 spiro atoms. The molecule has 2 heterocycles. The van der Waals surface area contributed by atoms with Crippen LogP contribution in [-0.4, -0.2) is 42.3 Å². The number of nitrogens with zero attached hydrogens (tertiary/aromatic N) is 1. The van der Waals surface area contributed by atoms with Gasteiger partial charge in [-0.3, -0.25) is 4.90 Å². The van der Waals surface area contributed by atoms with Crippen molar-refractivity contribution in [2.45, 2.75) is 50.9 Å². The predicted octanol–water partition coefficient (Wildman–Crippen LogP) is 4.35. The summed E-state index contributed by atoms with van der Waals surface area (Å²) in [4.78, 5) is 14.6. The quantitative estimate of drug-likeness (QED) is 0.647. The summed E-state index contributed by atoms with van der Waals surface area (Å²) in [5.74, 6) is -0.165. The van der Waals surface area contributed by atoms with Crippen LogP contribution in [0.5, 0.6) is 5.75 Å². The summed E-state index contributed by atoms with van der Waals surface area (Å²) in [7, 11) is 0. The minimum absolute atomic E-state index is 0.0890. The van der Waals surface area contributed by atoms with Crippen molar-refractivity contribution in [1.29, 1.82) is 0 Å². The lowest BCUT2D eigenvalue weighted by Crippen LogP contribution is -2.53. The van der Waals surface area contributed by atoms with Gasteiger partial charge in [0.25, 0.3) is 0 Å². The Morgan fingerprint density at radius 1 is 1.22 bits per heavy atom. The summed E-state index contributed by atoms with van der Waals surface area (Å²) in [6.07, 6.45) is 0.473. The molecule has 3 atom stereocenters. The van der Waals surface area contributed by atoms with Crippen LogP contribution in [0.15, 0.2) is 61.2 Å². The molecule has 32 heavy (non-hydrogen) atoms. The number of aliphatic hydroxyl groups excluding tert-OH is 1. The maximum absolute atomic E-state index is 13.0. The molecule has 0 unspecified atom stereocenters. The van der Waals surface area contributed by atoms with Crippen LogP contribution in [0.3, 0.4) is 0 Å². The third-order valence-corrected chi connectivity index (χ3v) is 5.60. The van der Waals surface area contributed by atoms with E-state index in [-0.39, 0.29) is 13.2 Å². The van der Waals surface area contributed by atoms with E-state index >= 15 is 0 Å². The van der Waals surface area contributed by atoms with Crippen molar-refractivity contribution in [2.75, 3.05) is 18.1 Å². The highest BCUT2D eigenvalue weighted by atomic mass is 16.8. The van der Waals surface area contributed by atoms with Crippen LogP contribution in [0.4, 0.5) is 10.5 Å². The Morgan fingerprint density at radius 2 is 2.00 bits per heavy atom. The summed E-state index contributed by atoms with van der Waals surface area (Å²) in [5.41, 5.74) is 2.50. The van der Waals surface area contributed by atoms with Gasteiger partial charge in [0, 0.05) is 12.2 Å². The number of anilines is 1. The van der Waals surface area contributed by atoms with Gasteiger partial charge < -0.3 is 24.1 Å². The zero-order valence-electron chi connectivity index (χ0n) is 18.4. The van der Waals surface area contributed by atoms with Crippen molar-refractivity contribution in [2.24, 2.45) is 0 Å². The zero-order chi connectivity index (χ0) is 22.7. The van der Waals surface area contributed by atoms with Crippen LogP contribution in [0.1, 0.15) is 37.5 Å². The highest BCUT2D eigenvalue weighted by molar-refractivity contribution is 5.91. The molecule has 7 heteroatoms. The molecule has 1 fully saturated rings. The number of carbonyl (C=O) groups is 1. The fraction of sp³-hybridized carbons (Fsp3) is 0.400. The molecule has 0 saturated carbocycles. The molecule has 7 nitrogen and oxygen atoms in total. The minimum atomic E-state index is -0.831. The predicted molar refractivity (Wildman–Crippen MR) is 120 cm³/mol. The zero-order valence-corrected chi connectivity index (χ0v) is 18.4. The van der Waals surface area contributed by atoms with Crippen LogP contribution in [-0.2, 0) is 20.8 Å². The Bertz CT molecular complexity index is 960. The Labute approximate surface area is 188 Å². The topological polar surface area (TPSA) is 77.5 Å². The maximum atomic E-state index is 13.0. The molecule has 0 aromatic heterocycles. The Hall–Kier alpha value is -2.87. The molecule has 0 aliphatic carbocycles. The van der Waals surface area contributed by atoms with Gasteiger partial charge in [-0.15, -0.1) is 0 Å². The highest BCUT2D eigenvalue weighted by Crippen LogP contribution is 2.49. The Balaban J connectivity index is 1.69. The summed E-state index contributed by atoms with van der Waals surface area (Å²) in [6, 6.07) is 15.0. The molecule has 0 bridgehead atoms. The van der Waals surface area contributed by atoms with E-state index in [1.807, 2.05) is 62.4 Å². The standard InChI is InChI=1S/C25H29NO6/c1-4-14-29-24(28)26-20-11-10-18(30-16-17-8-6-5-7-9-17)15-19(20)22-23(21(26)12-13-27)32-25(2,3)31-22/h4-11,15,21-23,27H,1,12-14,16H2,2-3H3/t21-,22-,23-/m0/s1. The number of aliphatic hydroxyl groups is 1. The van der Waals surface area contributed by atoms with E-state index < -0.39 is 30.1 Å². The van der Waals surface area contributed by atoms with Gasteiger partial charge in [-0.1, -0.05) is 43.0 Å². The first-order chi connectivity index (χ1) is 15.4. The van der Waals surface area contributed by atoms with Crippen LogP contribution < -0.4 is 9.64 Å². The molecule has 2 aliphatic heterocycles. The lowest BCUT2D eigenvalue weighted by Gasteiger charge is -2.41. The van der Waals surface area contributed by atoms with E-state index in [0.717, 1.165) is 11.1 Å². The van der Waals surface area contributed by atoms with E-state index in [0.29, 0.717) is 24.5 Å². The third kappa shape index (κ3) is 4.50. The van der Waals surface area contributed by atoms with Crippen molar-refractivity contribution in [3.05, 3.63) is 72.3 Å². The molecule has 2 aromatic rings. The lowest BCUT2D eigenvalue weighted by molar-refractivity contribution is -0.148. The van der Waals surface area contributed by atoms with Gasteiger partial charge in [0.05, 0.1) is 11.7 Å². The van der Waals surface area contributed by atoms with E-state index in [1.54, 1.807) is 4.90 Å². The van der Waals surface area contributed by atoms with Gasteiger partial charge in [-0.05, 0) is 44.0 Å². The number of amides is 1. The molecule has 4 rings (SSSR count). The second-order valence-corrected chi connectivity index (χ2v) is 8.33. The number of rotatable bonds is 7. The summed E-state index contributed by atoms with van der Waals surface area (Å²) < 4.78 is 23.8. The highest BCUT2D eigenvalue weighted by Gasteiger charge is 2.53. The van der Waals surface area contributed by atoms with Crippen LogP contribution >= 0.6 is 0 Å². The van der Waals surface area contributed by atoms with Crippen molar-refractivity contribution in [1.82, 2.24) is 0 Å². The fourth-order valence-electron chi connectivity index (χ4n) is 4.31. The molecule has 170 valence electrons. The number of hydrogen-bond acceptors (Lipinski definition) is 6. The van der Waals surface area contributed by atoms with Gasteiger partial charge in [0.1, 0.15) is 31.2 Å². The first-order valence-electron chi connectivity index (χ1n) is 10.8. The van der Waals surface area contributed by atoms with E-state index in [4.69, 9.17) is 18.9 Å². The van der Waals surface area contributed by atoms with Gasteiger partial charge in [0.2, 0.25) is 0 Å². The van der Waals surface area contributed by atoms with Crippen molar-refractivity contribution in [3.8, 4) is 5.75 Å². The van der Waals surface area contributed by atoms with E-state index in [2.05, 4.69) is 6.58 Å². The minimum Gasteiger partial charge on any atom is -0.489 e. The molecule has 1 saturated heterocycles. The van der Waals surface area contributed by atoms with Crippen molar-refractivity contribution in [3.63, 3.8) is 0 Å². The van der Waals surface area contributed by atoms with Crippen molar-refractivity contribution < 1.29 is 28.8 Å². The van der Waals surface area contributed by atoms with Gasteiger partial charge in [-0.25, -0.2) is 4.79 Å². The third-order valence-electron chi connectivity index (χ3n) is 5.60. The van der Waals surface area contributed by atoms with Gasteiger partial charge in [-0.2, -0.15) is 0 Å². The number of carbonyl (C=O) groups excluding carboxylic acids is 1. The van der Waals surface area contributed by atoms with Crippen LogP contribution in [0.25, 0.3) is 0 Å². The molecule has 0 radical (unpaired) electrons. The second kappa shape index (κ2) is 9.32. The SMILES string of the molecule is C=CCOC(=O)N1c2ccc(OCc3ccccc3)cc2[C@@H]2OC(C)(C)O[C@H]2[C@@H]1CCO. The Morgan fingerprint density at radius 3 is 2.72 bits per heavy atom. The van der Waals surface area contributed by atoms with Crippen LogP contribution in [0, 0.1) is 0 Å². The van der Waals surface area contributed by atoms with Crippen LogP contribution in [0.2, 0.25) is 0 Å². The molecular formula is C25H29NO6. The first kappa shape index (κ1) is 22.3. The fourth-order valence-corrected chi connectivity index (χ4v) is 4.31. The number of ether oxygens (including phenoxy) is 4. The molecule has 2 aromatic carbocycles. The average molecular weight is 440 g/mol. The molecular weight excluding hydrogens is 410 g/mol. The van der Waals surface area contributed by atoms with E-state index in [9.17, 15) is 9.90 Å². The largest absolute Gasteiger partial charge is 0.489 e. The summed E-state index contributed by atoms with van der Waals surface area (Å²) in [6.45, 7) is 7.71. The Kier molecular flexibility index (Phi) is 6.50. The summed E-state index contributed by atoms with van der Waals surface area (Å²) in [5, 5.41) is 9.70. The number of benzene rings is 2. The van der Waals surface area contributed by atoms with Gasteiger partial charge >= 0.3 is 6.09 Å². The second-order valence-electron chi connectivity index (χ2n) is 8.33. The smallest absolute Gasteiger partial charge is 0.414 e. The molecule has 1 N–H and O–H groups in total. The number of hydrogen-bond donors (Lipinski definition) is 1. The monoisotopic (exact) mass is 439 g/mol. The molecule has 2 aliphatic rings. The summed E-state index contributed by atoms with van der Waals surface area (Å²) >= 11 is 0. The van der Waals surface area contributed by atoms with Gasteiger partial charge in [0.15, 0.2) is 5.79 Å². The average Bonchev–Trinajstić information content (AvgIpc) is 3.12. The van der Waals surface area contributed by atoms with Crippen molar-refractivity contribution >= 4 is 11.8 Å². The number of fused-ring (bicyclic) bond motifs is 3. The maximum Gasteiger partial charge on any atom is 0.414 e.